The Morgan fingerprint density at radius 2 is 2.05 bits per heavy atom. The van der Waals surface area contributed by atoms with Crippen molar-refractivity contribution in [3.05, 3.63) is 29.3 Å². The number of hydrogen-bond acceptors (Lipinski definition) is 3. The minimum Gasteiger partial charge on any atom is -0.398 e. The molecule has 114 valence electrons. The van der Waals surface area contributed by atoms with Gasteiger partial charge in [0.05, 0.1) is 18.1 Å². The van der Waals surface area contributed by atoms with Crippen LogP contribution >= 0.6 is 0 Å². The highest BCUT2D eigenvalue weighted by Gasteiger charge is 2.43. The highest BCUT2D eigenvalue weighted by Crippen LogP contribution is 2.35. The van der Waals surface area contributed by atoms with Gasteiger partial charge in [0.25, 0.3) is 0 Å². The number of nitrogens with two attached hydrogens (primary N) is 1. The molecule has 1 amide bonds. The molecule has 0 saturated carbocycles. The maximum Gasteiger partial charge on any atom is 0.228 e. The van der Waals surface area contributed by atoms with Crippen molar-refractivity contribution < 1.29 is 9.53 Å². The maximum atomic E-state index is 12.9. The zero-order valence-corrected chi connectivity index (χ0v) is 13.0. The third-order valence-corrected chi connectivity index (χ3v) is 5.14. The number of amides is 1. The predicted octanol–water partition coefficient (Wildman–Crippen LogP) is 2.21. The number of nitrogens with zero attached hydrogens (tertiary/aromatic N) is 1. The summed E-state index contributed by atoms with van der Waals surface area (Å²) in [6.45, 7) is 7.61. The van der Waals surface area contributed by atoms with Crippen molar-refractivity contribution in [2.24, 2.45) is 11.8 Å². The molecule has 4 heteroatoms. The lowest BCUT2D eigenvalue weighted by Gasteiger charge is -2.33. The van der Waals surface area contributed by atoms with Gasteiger partial charge in [-0.05, 0) is 43.4 Å². The first-order valence-electron chi connectivity index (χ1n) is 7.79. The van der Waals surface area contributed by atoms with Crippen LogP contribution in [0.3, 0.4) is 0 Å². The number of fused-ring (bicyclic) bond motifs is 1. The third kappa shape index (κ3) is 2.42. The minimum absolute atomic E-state index is 0.00439. The number of ether oxygens (including phenoxy) is 1. The quantitative estimate of drug-likeness (QED) is 0.806. The molecule has 21 heavy (non-hydrogen) atoms. The lowest BCUT2D eigenvalue weighted by Crippen LogP contribution is -2.43. The molecule has 4 unspecified atom stereocenters. The van der Waals surface area contributed by atoms with Crippen LogP contribution in [0, 0.1) is 11.8 Å². The lowest BCUT2D eigenvalue weighted by molar-refractivity contribution is -0.138. The van der Waals surface area contributed by atoms with E-state index in [1.165, 1.54) is 11.1 Å². The molecular weight excluding hydrogens is 264 g/mol. The van der Waals surface area contributed by atoms with Crippen molar-refractivity contribution in [2.75, 3.05) is 12.3 Å². The molecule has 4 atom stereocenters. The summed E-state index contributed by atoms with van der Waals surface area (Å²) in [6.07, 6.45) is 1.01. The Morgan fingerprint density at radius 3 is 2.71 bits per heavy atom. The topological polar surface area (TPSA) is 55.6 Å². The first-order valence-corrected chi connectivity index (χ1v) is 7.79. The second-order valence-electron chi connectivity index (χ2n) is 6.43. The fourth-order valence-corrected chi connectivity index (χ4v) is 3.73. The minimum atomic E-state index is -0.0254. The molecule has 1 aromatic rings. The van der Waals surface area contributed by atoms with Crippen LogP contribution in [0.5, 0.6) is 0 Å². The van der Waals surface area contributed by atoms with Crippen LogP contribution in [-0.2, 0) is 22.5 Å². The summed E-state index contributed by atoms with van der Waals surface area (Å²) in [6, 6.07) is 5.98. The van der Waals surface area contributed by atoms with Gasteiger partial charge in [-0.2, -0.15) is 0 Å². The highest BCUT2D eigenvalue weighted by molar-refractivity contribution is 5.80. The summed E-state index contributed by atoms with van der Waals surface area (Å²) in [5, 5.41) is 0. The molecule has 0 bridgehead atoms. The van der Waals surface area contributed by atoms with Crippen molar-refractivity contribution >= 4 is 11.6 Å². The monoisotopic (exact) mass is 288 g/mol. The summed E-state index contributed by atoms with van der Waals surface area (Å²) in [4.78, 5) is 14.8. The summed E-state index contributed by atoms with van der Waals surface area (Å²) in [7, 11) is 0. The fourth-order valence-electron chi connectivity index (χ4n) is 3.73. The van der Waals surface area contributed by atoms with E-state index in [1.54, 1.807) is 0 Å². The molecule has 2 aliphatic heterocycles. The van der Waals surface area contributed by atoms with Crippen molar-refractivity contribution in [3.63, 3.8) is 0 Å². The van der Waals surface area contributed by atoms with Crippen LogP contribution in [0.1, 0.15) is 31.9 Å². The summed E-state index contributed by atoms with van der Waals surface area (Å²) in [5.74, 6) is 0.477. The summed E-state index contributed by atoms with van der Waals surface area (Å²) in [5.41, 5.74) is 9.26. The maximum absolute atomic E-state index is 12.9. The summed E-state index contributed by atoms with van der Waals surface area (Å²) >= 11 is 0. The predicted molar refractivity (Wildman–Crippen MR) is 82.6 cm³/mol. The molecule has 2 N–H and O–H groups in total. The van der Waals surface area contributed by atoms with Gasteiger partial charge in [-0.15, -0.1) is 0 Å². The molecule has 0 spiro atoms. The van der Waals surface area contributed by atoms with Crippen LogP contribution in [0.4, 0.5) is 5.69 Å². The zero-order chi connectivity index (χ0) is 15.1. The molecule has 1 fully saturated rings. The molecule has 0 aromatic heterocycles. The molecule has 1 saturated heterocycles. The van der Waals surface area contributed by atoms with Crippen LogP contribution in [0.2, 0.25) is 0 Å². The zero-order valence-electron chi connectivity index (χ0n) is 13.0. The molecule has 0 aliphatic carbocycles. The number of anilines is 1. The molecule has 4 nitrogen and oxygen atoms in total. The van der Waals surface area contributed by atoms with Gasteiger partial charge in [0.2, 0.25) is 5.91 Å². The van der Waals surface area contributed by atoms with E-state index >= 15 is 0 Å². The van der Waals surface area contributed by atoms with E-state index in [4.69, 9.17) is 10.5 Å². The van der Waals surface area contributed by atoms with Gasteiger partial charge >= 0.3 is 0 Å². The van der Waals surface area contributed by atoms with Crippen molar-refractivity contribution in [2.45, 2.75) is 45.9 Å². The molecule has 0 radical (unpaired) electrons. The van der Waals surface area contributed by atoms with E-state index in [9.17, 15) is 4.79 Å². The molecule has 3 rings (SSSR count). The number of carbonyl (C=O) groups excluding carboxylic acids is 1. The first kappa shape index (κ1) is 14.4. The van der Waals surface area contributed by atoms with Gasteiger partial charge in [-0.25, -0.2) is 0 Å². The Kier molecular flexibility index (Phi) is 3.66. The number of rotatable bonds is 1. The van der Waals surface area contributed by atoms with Crippen molar-refractivity contribution in [1.82, 2.24) is 4.90 Å². The molecule has 2 heterocycles. The van der Waals surface area contributed by atoms with Crippen molar-refractivity contribution in [1.29, 1.82) is 0 Å². The Balaban J connectivity index is 1.79. The number of hydrogen-bond donors (Lipinski definition) is 1. The Labute approximate surface area is 126 Å². The van der Waals surface area contributed by atoms with E-state index in [0.29, 0.717) is 6.54 Å². The smallest absolute Gasteiger partial charge is 0.228 e. The molecular formula is C17H24N2O2. The first-order chi connectivity index (χ1) is 9.99. The van der Waals surface area contributed by atoms with Crippen LogP contribution < -0.4 is 5.73 Å². The lowest BCUT2D eigenvalue weighted by atomic mass is 9.87. The van der Waals surface area contributed by atoms with Gasteiger partial charge in [-0.1, -0.05) is 19.1 Å². The number of benzene rings is 1. The largest absolute Gasteiger partial charge is 0.398 e. The van der Waals surface area contributed by atoms with E-state index in [-0.39, 0.29) is 30.0 Å². The van der Waals surface area contributed by atoms with E-state index < -0.39 is 0 Å². The van der Waals surface area contributed by atoms with Crippen molar-refractivity contribution in [3.8, 4) is 0 Å². The van der Waals surface area contributed by atoms with Gasteiger partial charge in [0.15, 0.2) is 0 Å². The van der Waals surface area contributed by atoms with Gasteiger partial charge in [-0.3, -0.25) is 4.79 Å². The summed E-state index contributed by atoms with van der Waals surface area (Å²) < 4.78 is 5.82. The van der Waals surface area contributed by atoms with Gasteiger partial charge in [0, 0.05) is 18.8 Å². The molecule has 1 aromatic carbocycles. The van der Waals surface area contributed by atoms with E-state index in [0.717, 1.165) is 18.7 Å². The SMILES string of the molecule is CC1OC(C)C(C(=O)N2CCc3c(N)cccc3C2)C1C. The normalized spacial score (nSPS) is 32.0. The van der Waals surface area contributed by atoms with E-state index in [1.807, 2.05) is 24.0 Å². The fraction of sp³-hybridized carbons (Fsp3) is 0.588. The Morgan fingerprint density at radius 1 is 1.29 bits per heavy atom. The van der Waals surface area contributed by atoms with Gasteiger partial charge < -0.3 is 15.4 Å². The Bertz CT molecular complexity index is 558. The van der Waals surface area contributed by atoms with Crippen LogP contribution in [0.25, 0.3) is 0 Å². The Hall–Kier alpha value is -1.55. The average molecular weight is 288 g/mol. The second-order valence-corrected chi connectivity index (χ2v) is 6.43. The highest BCUT2D eigenvalue weighted by atomic mass is 16.5. The van der Waals surface area contributed by atoms with Crippen LogP contribution in [-0.4, -0.2) is 29.6 Å². The third-order valence-electron chi connectivity index (χ3n) is 5.14. The van der Waals surface area contributed by atoms with Gasteiger partial charge in [0.1, 0.15) is 0 Å². The van der Waals surface area contributed by atoms with Crippen LogP contribution in [0.15, 0.2) is 18.2 Å². The van der Waals surface area contributed by atoms with E-state index in [2.05, 4.69) is 19.9 Å². The number of nitrogen functional groups attached to an aromatic ring is 1. The molecule has 2 aliphatic rings. The average Bonchev–Trinajstić information content (AvgIpc) is 2.71. The standard InChI is InChI=1S/C17H24N2O2/c1-10-11(2)21-12(3)16(10)17(20)19-8-7-14-13(9-19)5-4-6-15(14)18/h4-6,10-12,16H,7-9,18H2,1-3H3. The second kappa shape index (κ2) is 5.34. The number of carbonyl (C=O) groups is 1.